The Morgan fingerprint density at radius 3 is 2.32 bits per heavy atom. The number of nitrogens with one attached hydrogen (secondary N) is 2. The molecule has 0 fully saturated rings. The largest absolute Gasteiger partial charge is 0.489 e. The third-order valence-electron chi connectivity index (χ3n) is 3.73. The molecular weight excluding hydrogens is 316 g/mol. The lowest BCUT2D eigenvalue weighted by molar-refractivity contribution is -0.127. The van der Waals surface area contributed by atoms with Gasteiger partial charge in [-0.2, -0.15) is 0 Å². The number of carbonyl (C=O) groups excluding carboxylic acids is 2. The van der Waals surface area contributed by atoms with Crippen molar-refractivity contribution in [3.8, 4) is 5.75 Å². The highest BCUT2D eigenvalue weighted by Gasteiger charge is 2.11. The first kappa shape index (κ1) is 18.5. The van der Waals surface area contributed by atoms with Crippen molar-refractivity contribution in [3.05, 3.63) is 60.2 Å². The molecule has 0 saturated carbocycles. The fourth-order valence-electron chi connectivity index (χ4n) is 2.15. The van der Waals surface area contributed by atoms with Crippen molar-refractivity contribution in [3.63, 3.8) is 0 Å². The maximum absolute atomic E-state index is 11.9. The predicted molar refractivity (Wildman–Crippen MR) is 98.4 cm³/mol. The minimum Gasteiger partial charge on any atom is -0.489 e. The minimum atomic E-state index is -0.334. The molecule has 25 heavy (non-hydrogen) atoms. The van der Waals surface area contributed by atoms with Crippen molar-refractivity contribution < 1.29 is 14.3 Å². The fourth-order valence-corrected chi connectivity index (χ4v) is 2.15. The van der Waals surface area contributed by atoms with Gasteiger partial charge < -0.3 is 15.4 Å². The zero-order chi connectivity index (χ0) is 18.1. The summed E-state index contributed by atoms with van der Waals surface area (Å²) in [5, 5.41) is 5.48. The predicted octanol–water partition coefficient (Wildman–Crippen LogP) is 3.51. The van der Waals surface area contributed by atoms with Crippen molar-refractivity contribution in [1.82, 2.24) is 5.32 Å². The Morgan fingerprint density at radius 1 is 1.00 bits per heavy atom. The smallest absolute Gasteiger partial charge is 0.233 e. The lowest BCUT2D eigenvalue weighted by atomic mass is 10.2. The van der Waals surface area contributed by atoms with Crippen LogP contribution in [0.25, 0.3) is 0 Å². The topological polar surface area (TPSA) is 67.4 Å². The van der Waals surface area contributed by atoms with Crippen LogP contribution in [0.2, 0.25) is 0 Å². The molecule has 0 radical (unpaired) electrons. The van der Waals surface area contributed by atoms with Gasteiger partial charge in [0, 0.05) is 11.7 Å². The van der Waals surface area contributed by atoms with Gasteiger partial charge in [-0.25, -0.2) is 0 Å². The van der Waals surface area contributed by atoms with E-state index in [0.29, 0.717) is 12.3 Å². The maximum atomic E-state index is 11.9. The number of hydrogen-bond donors (Lipinski definition) is 2. The van der Waals surface area contributed by atoms with Crippen LogP contribution >= 0.6 is 0 Å². The molecule has 0 bridgehead atoms. The van der Waals surface area contributed by atoms with Gasteiger partial charge >= 0.3 is 0 Å². The fraction of sp³-hybridized carbons (Fsp3) is 0.300. The zero-order valence-corrected chi connectivity index (χ0v) is 14.6. The molecule has 1 unspecified atom stereocenters. The first-order chi connectivity index (χ1) is 12.1. The highest BCUT2D eigenvalue weighted by atomic mass is 16.5. The second-order valence-corrected chi connectivity index (χ2v) is 5.90. The molecule has 0 aromatic heterocycles. The monoisotopic (exact) mass is 340 g/mol. The lowest BCUT2D eigenvalue weighted by Crippen LogP contribution is -2.34. The quantitative estimate of drug-likeness (QED) is 0.723. The van der Waals surface area contributed by atoms with E-state index in [0.717, 1.165) is 17.7 Å². The van der Waals surface area contributed by atoms with Gasteiger partial charge in [-0.05, 0) is 43.2 Å². The summed E-state index contributed by atoms with van der Waals surface area (Å²) < 4.78 is 5.70. The van der Waals surface area contributed by atoms with E-state index in [-0.39, 0.29) is 24.3 Å². The van der Waals surface area contributed by atoms with Crippen LogP contribution < -0.4 is 15.4 Å². The first-order valence-electron chi connectivity index (χ1n) is 8.43. The van der Waals surface area contributed by atoms with Gasteiger partial charge in [0.2, 0.25) is 11.8 Å². The number of hydrogen-bond acceptors (Lipinski definition) is 3. The van der Waals surface area contributed by atoms with Crippen LogP contribution in [-0.4, -0.2) is 17.9 Å². The molecule has 5 nitrogen and oxygen atoms in total. The summed E-state index contributed by atoms with van der Waals surface area (Å²) in [6.45, 7) is 4.37. The van der Waals surface area contributed by atoms with E-state index in [9.17, 15) is 9.59 Å². The Bertz CT molecular complexity index is 684. The van der Waals surface area contributed by atoms with Gasteiger partial charge in [0.15, 0.2) is 0 Å². The van der Waals surface area contributed by atoms with E-state index in [1.54, 1.807) is 24.3 Å². The van der Waals surface area contributed by atoms with Gasteiger partial charge in [0.1, 0.15) is 18.8 Å². The molecule has 2 rings (SSSR count). The van der Waals surface area contributed by atoms with Gasteiger partial charge in [-0.15, -0.1) is 0 Å². The molecule has 2 aromatic carbocycles. The molecule has 2 aromatic rings. The molecule has 0 aliphatic rings. The van der Waals surface area contributed by atoms with Gasteiger partial charge in [-0.3, -0.25) is 9.59 Å². The SMILES string of the molecule is CCC(C)NC(=O)CC(=O)Nc1ccc(OCc2ccccc2)cc1. The van der Waals surface area contributed by atoms with Crippen molar-refractivity contribution in [2.75, 3.05) is 5.32 Å². The van der Waals surface area contributed by atoms with E-state index < -0.39 is 0 Å². The molecule has 2 amide bonds. The molecule has 1 atom stereocenters. The Morgan fingerprint density at radius 2 is 1.68 bits per heavy atom. The average Bonchev–Trinajstić information content (AvgIpc) is 2.61. The summed E-state index contributed by atoms with van der Waals surface area (Å²) in [4.78, 5) is 23.6. The normalized spacial score (nSPS) is 11.4. The van der Waals surface area contributed by atoms with Crippen molar-refractivity contribution in [2.24, 2.45) is 0 Å². The highest BCUT2D eigenvalue weighted by molar-refractivity contribution is 6.03. The summed E-state index contributed by atoms with van der Waals surface area (Å²) in [5.41, 5.74) is 1.72. The van der Waals surface area contributed by atoms with E-state index in [2.05, 4.69) is 10.6 Å². The van der Waals surface area contributed by atoms with E-state index in [4.69, 9.17) is 4.74 Å². The number of amides is 2. The maximum Gasteiger partial charge on any atom is 0.233 e. The summed E-state index contributed by atoms with van der Waals surface area (Å²) in [6, 6.07) is 17.1. The summed E-state index contributed by atoms with van der Waals surface area (Å²) in [7, 11) is 0. The first-order valence-corrected chi connectivity index (χ1v) is 8.43. The van der Waals surface area contributed by atoms with Crippen LogP contribution in [0, 0.1) is 0 Å². The number of ether oxygens (including phenoxy) is 1. The second-order valence-electron chi connectivity index (χ2n) is 5.90. The zero-order valence-electron chi connectivity index (χ0n) is 14.6. The van der Waals surface area contributed by atoms with E-state index in [1.165, 1.54) is 0 Å². The Kier molecular flexibility index (Phi) is 7.01. The Labute approximate surface area is 148 Å². The van der Waals surface area contributed by atoms with E-state index >= 15 is 0 Å². The van der Waals surface area contributed by atoms with Gasteiger partial charge in [0.05, 0.1) is 0 Å². The number of benzene rings is 2. The number of carbonyl (C=O) groups is 2. The van der Waals surface area contributed by atoms with Crippen LogP contribution in [-0.2, 0) is 16.2 Å². The molecular formula is C20H24N2O3. The summed E-state index contributed by atoms with van der Waals surface area (Å²) >= 11 is 0. The summed E-state index contributed by atoms with van der Waals surface area (Å²) in [5.74, 6) is 0.116. The minimum absolute atomic E-state index is 0.0707. The van der Waals surface area contributed by atoms with Crippen LogP contribution in [0.15, 0.2) is 54.6 Å². The molecule has 2 N–H and O–H groups in total. The number of rotatable bonds is 8. The van der Waals surface area contributed by atoms with Gasteiger partial charge in [-0.1, -0.05) is 37.3 Å². The highest BCUT2D eigenvalue weighted by Crippen LogP contribution is 2.17. The number of anilines is 1. The van der Waals surface area contributed by atoms with Crippen molar-refractivity contribution in [2.45, 2.75) is 39.3 Å². The van der Waals surface area contributed by atoms with Crippen LogP contribution in [0.1, 0.15) is 32.3 Å². The Balaban J connectivity index is 1.79. The molecule has 132 valence electrons. The summed E-state index contributed by atoms with van der Waals surface area (Å²) in [6.07, 6.45) is 0.647. The third kappa shape index (κ3) is 6.67. The van der Waals surface area contributed by atoms with E-state index in [1.807, 2.05) is 44.2 Å². The molecule has 0 heterocycles. The molecule has 0 aliphatic heterocycles. The molecule has 5 heteroatoms. The van der Waals surface area contributed by atoms with Gasteiger partial charge in [0.25, 0.3) is 0 Å². The third-order valence-corrected chi connectivity index (χ3v) is 3.73. The Hall–Kier alpha value is -2.82. The standard InChI is InChI=1S/C20H24N2O3/c1-3-15(2)21-19(23)13-20(24)22-17-9-11-18(12-10-17)25-14-16-7-5-4-6-8-16/h4-12,15H,3,13-14H2,1-2H3,(H,21,23)(H,22,24). The van der Waals surface area contributed by atoms with Crippen molar-refractivity contribution in [1.29, 1.82) is 0 Å². The average molecular weight is 340 g/mol. The van der Waals surface area contributed by atoms with Crippen molar-refractivity contribution >= 4 is 17.5 Å². The van der Waals surface area contributed by atoms with Crippen LogP contribution in [0.5, 0.6) is 5.75 Å². The molecule has 0 spiro atoms. The van der Waals surface area contributed by atoms with Crippen LogP contribution in [0.3, 0.4) is 0 Å². The molecule has 0 saturated heterocycles. The van der Waals surface area contributed by atoms with Crippen LogP contribution in [0.4, 0.5) is 5.69 Å². The second kappa shape index (κ2) is 9.47. The molecule has 0 aliphatic carbocycles. The lowest BCUT2D eigenvalue weighted by Gasteiger charge is -2.11.